The molecule has 1 amide bonds. The van der Waals surface area contributed by atoms with Crippen molar-refractivity contribution in [3.8, 4) is 5.75 Å². The monoisotopic (exact) mass is 458 g/mol. The number of hydrogen-bond donors (Lipinski definition) is 1. The maximum atomic E-state index is 11.9. The summed E-state index contributed by atoms with van der Waals surface area (Å²) in [5, 5.41) is 5.41. The summed E-state index contributed by atoms with van der Waals surface area (Å²) in [5.74, 6) is 1.57. The Hall–Kier alpha value is -2.47. The van der Waals surface area contributed by atoms with Crippen LogP contribution in [0.4, 0.5) is 0 Å². The van der Waals surface area contributed by atoms with Crippen molar-refractivity contribution in [2.24, 2.45) is 5.10 Å². The van der Waals surface area contributed by atoms with Gasteiger partial charge in [-0.2, -0.15) is 5.10 Å². The summed E-state index contributed by atoms with van der Waals surface area (Å²) in [6.07, 6.45) is 1.60. The van der Waals surface area contributed by atoms with Crippen LogP contribution in [0, 0.1) is 0 Å². The first-order valence-corrected chi connectivity index (χ1v) is 11.1. The van der Waals surface area contributed by atoms with Crippen molar-refractivity contribution < 1.29 is 9.53 Å². The molecular formula is C23H20Cl2N2O2S. The fraction of sp³-hybridized carbons (Fsp3) is 0.130. The smallest absolute Gasteiger partial charge is 0.250 e. The average molecular weight is 459 g/mol. The molecule has 3 aromatic rings. The van der Waals surface area contributed by atoms with Crippen molar-refractivity contribution in [1.82, 2.24) is 5.43 Å². The van der Waals surface area contributed by atoms with E-state index in [0.29, 0.717) is 28.2 Å². The zero-order valence-electron chi connectivity index (χ0n) is 16.1. The highest BCUT2D eigenvalue weighted by Crippen LogP contribution is 2.20. The summed E-state index contributed by atoms with van der Waals surface area (Å²) in [5.41, 5.74) is 5.45. The minimum atomic E-state index is -0.161. The number of ether oxygens (including phenoxy) is 1. The third kappa shape index (κ3) is 7.41. The van der Waals surface area contributed by atoms with E-state index in [-0.39, 0.29) is 5.91 Å². The van der Waals surface area contributed by atoms with Crippen LogP contribution in [0.15, 0.2) is 77.9 Å². The lowest BCUT2D eigenvalue weighted by Crippen LogP contribution is -2.19. The van der Waals surface area contributed by atoms with Gasteiger partial charge in [0.1, 0.15) is 12.4 Å². The molecule has 0 radical (unpaired) electrons. The van der Waals surface area contributed by atoms with Crippen LogP contribution < -0.4 is 10.2 Å². The van der Waals surface area contributed by atoms with Crippen LogP contribution in [0.5, 0.6) is 5.75 Å². The number of amides is 1. The predicted octanol–water partition coefficient (Wildman–Crippen LogP) is 5.96. The maximum absolute atomic E-state index is 11.9. The number of benzene rings is 3. The average Bonchev–Trinajstić information content (AvgIpc) is 2.76. The largest absolute Gasteiger partial charge is 0.489 e. The fourth-order valence-electron chi connectivity index (χ4n) is 2.48. The topological polar surface area (TPSA) is 50.7 Å². The van der Waals surface area contributed by atoms with Crippen molar-refractivity contribution >= 4 is 47.1 Å². The summed E-state index contributed by atoms with van der Waals surface area (Å²) in [4.78, 5) is 11.9. The number of carbonyl (C=O) groups is 1. The molecule has 7 heteroatoms. The number of thioether (sulfide) groups is 1. The standard InChI is InChI=1S/C23H20Cl2N2O2S/c24-20-9-5-18(6-10-20)14-29-21-11-7-17(8-12-21)13-26-27-23(28)16-30-15-19-3-1-2-4-22(19)25/h1-13H,14-16H2,(H,27,28)/b26-13+. The second-order valence-corrected chi connectivity index (χ2v) is 8.19. The lowest BCUT2D eigenvalue weighted by atomic mass is 10.2. The van der Waals surface area contributed by atoms with Gasteiger partial charge in [-0.25, -0.2) is 5.43 Å². The van der Waals surface area contributed by atoms with E-state index in [2.05, 4.69) is 10.5 Å². The van der Waals surface area contributed by atoms with Gasteiger partial charge in [0, 0.05) is 15.8 Å². The SMILES string of the molecule is O=C(CSCc1ccccc1Cl)N/N=C/c1ccc(OCc2ccc(Cl)cc2)cc1. The Morgan fingerprint density at radius 2 is 1.73 bits per heavy atom. The molecule has 0 aliphatic rings. The van der Waals surface area contributed by atoms with E-state index in [1.165, 1.54) is 11.8 Å². The molecule has 3 rings (SSSR count). The molecule has 0 aromatic heterocycles. The van der Waals surface area contributed by atoms with Gasteiger partial charge in [-0.05, 0) is 59.2 Å². The molecule has 30 heavy (non-hydrogen) atoms. The normalized spacial score (nSPS) is 10.9. The third-order valence-corrected chi connectivity index (χ3v) is 5.65. The lowest BCUT2D eigenvalue weighted by molar-refractivity contribution is -0.118. The molecule has 4 nitrogen and oxygen atoms in total. The van der Waals surface area contributed by atoms with Gasteiger partial charge in [-0.15, -0.1) is 11.8 Å². The quantitative estimate of drug-likeness (QED) is 0.318. The van der Waals surface area contributed by atoms with Crippen molar-refractivity contribution in [2.75, 3.05) is 5.75 Å². The molecule has 0 aliphatic carbocycles. The predicted molar refractivity (Wildman–Crippen MR) is 126 cm³/mol. The van der Waals surface area contributed by atoms with E-state index >= 15 is 0 Å². The summed E-state index contributed by atoms with van der Waals surface area (Å²) in [7, 11) is 0. The number of nitrogens with zero attached hydrogens (tertiary/aromatic N) is 1. The van der Waals surface area contributed by atoms with E-state index in [4.69, 9.17) is 27.9 Å². The second kappa shape index (κ2) is 11.6. The Bertz CT molecular complexity index is 993. The third-order valence-electron chi connectivity index (χ3n) is 4.05. The van der Waals surface area contributed by atoms with E-state index in [1.807, 2.05) is 72.8 Å². The van der Waals surface area contributed by atoms with Gasteiger partial charge < -0.3 is 4.74 Å². The van der Waals surface area contributed by atoms with E-state index < -0.39 is 0 Å². The van der Waals surface area contributed by atoms with Gasteiger partial charge in [0.05, 0.1) is 12.0 Å². The maximum Gasteiger partial charge on any atom is 0.250 e. The zero-order valence-corrected chi connectivity index (χ0v) is 18.4. The number of rotatable bonds is 9. The van der Waals surface area contributed by atoms with Gasteiger partial charge in [0.2, 0.25) is 5.91 Å². The lowest BCUT2D eigenvalue weighted by Gasteiger charge is -2.06. The highest BCUT2D eigenvalue weighted by atomic mass is 35.5. The van der Waals surface area contributed by atoms with Crippen LogP contribution >= 0.6 is 35.0 Å². The van der Waals surface area contributed by atoms with Crippen LogP contribution in [0.1, 0.15) is 16.7 Å². The van der Waals surface area contributed by atoms with E-state index in [9.17, 15) is 4.79 Å². The van der Waals surface area contributed by atoms with Gasteiger partial charge in [0.15, 0.2) is 0 Å². The summed E-state index contributed by atoms with van der Waals surface area (Å²) < 4.78 is 5.75. The van der Waals surface area contributed by atoms with Gasteiger partial charge in [0.25, 0.3) is 0 Å². The first kappa shape index (κ1) is 22.2. The summed E-state index contributed by atoms with van der Waals surface area (Å²) >= 11 is 13.5. The van der Waals surface area contributed by atoms with Crippen molar-refractivity contribution in [3.05, 3.63) is 99.5 Å². The van der Waals surface area contributed by atoms with Gasteiger partial charge >= 0.3 is 0 Å². The Balaban J connectivity index is 1.38. The molecule has 0 saturated heterocycles. The molecular weight excluding hydrogens is 439 g/mol. The fourth-order valence-corrected chi connectivity index (χ4v) is 3.71. The van der Waals surface area contributed by atoms with Crippen molar-refractivity contribution in [1.29, 1.82) is 0 Å². The molecule has 0 aliphatic heterocycles. The second-order valence-electron chi connectivity index (χ2n) is 6.36. The molecule has 0 heterocycles. The molecule has 0 fully saturated rings. The van der Waals surface area contributed by atoms with E-state index in [0.717, 1.165) is 22.4 Å². The summed E-state index contributed by atoms with van der Waals surface area (Å²) in [6.45, 7) is 0.465. The Labute approximate surface area is 190 Å². The molecule has 154 valence electrons. The Kier molecular flexibility index (Phi) is 8.63. The highest BCUT2D eigenvalue weighted by molar-refractivity contribution is 7.99. The number of carbonyl (C=O) groups excluding carboxylic acids is 1. The van der Waals surface area contributed by atoms with Gasteiger partial charge in [-0.3, -0.25) is 4.79 Å². The summed E-state index contributed by atoms with van der Waals surface area (Å²) in [6, 6.07) is 22.6. The molecule has 0 spiro atoms. The molecule has 0 saturated carbocycles. The van der Waals surface area contributed by atoms with Crippen LogP contribution in [-0.4, -0.2) is 17.9 Å². The Morgan fingerprint density at radius 1 is 1.00 bits per heavy atom. The zero-order chi connectivity index (χ0) is 21.2. The van der Waals surface area contributed by atoms with Crippen LogP contribution in [0.25, 0.3) is 0 Å². The number of halogens is 2. The van der Waals surface area contributed by atoms with Crippen LogP contribution in [0.3, 0.4) is 0 Å². The number of nitrogens with one attached hydrogen (secondary N) is 1. The first-order chi connectivity index (χ1) is 14.6. The van der Waals surface area contributed by atoms with Crippen LogP contribution in [0.2, 0.25) is 10.0 Å². The molecule has 0 unspecified atom stereocenters. The molecule has 1 N–H and O–H groups in total. The van der Waals surface area contributed by atoms with Gasteiger partial charge in [-0.1, -0.05) is 53.5 Å². The van der Waals surface area contributed by atoms with Crippen LogP contribution in [-0.2, 0) is 17.2 Å². The first-order valence-electron chi connectivity index (χ1n) is 9.20. The minimum absolute atomic E-state index is 0.161. The molecule has 0 bridgehead atoms. The van der Waals surface area contributed by atoms with Crippen molar-refractivity contribution in [2.45, 2.75) is 12.4 Å². The van der Waals surface area contributed by atoms with E-state index in [1.54, 1.807) is 6.21 Å². The molecule has 3 aromatic carbocycles. The Morgan fingerprint density at radius 3 is 2.47 bits per heavy atom. The molecule has 0 atom stereocenters. The number of hydrazone groups is 1. The highest BCUT2D eigenvalue weighted by Gasteiger charge is 2.03. The van der Waals surface area contributed by atoms with Crippen molar-refractivity contribution in [3.63, 3.8) is 0 Å². The minimum Gasteiger partial charge on any atom is -0.489 e. The number of hydrogen-bond acceptors (Lipinski definition) is 4.